The molecule has 0 atom stereocenters. The Hall–Kier alpha value is -1.34. The lowest BCUT2D eigenvalue weighted by Crippen LogP contribution is -2.13. The zero-order chi connectivity index (χ0) is 8.43. The second kappa shape index (κ2) is 3.88. The number of primary amides is 1. The number of nitrogens with zero attached hydrogens (tertiary/aromatic N) is 2. The van der Waals surface area contributed by atoms with E-state index in [1.165, 1.54) is 0 Å². The van der Waals surface area contributed by atoms with Gasteiger partial charge in [0.05, 0.1) is 0 Å². The largest absolute Gasteiger partial charge is 0.493 e. The van der Waals surface area contributed by atoms with Gasteiger partial charge in [-0.1, -0.05) is 0 Å². The fraction of sp³-hybridized carbons (Fsp3) is 0. The van der Waals surface area contributed by atoms with Gasteiger partial charge in [-0.15, -0.1) is 12.6 Å². The Morgan fingerprint density at radius 3 is 2.58 bits per heavy atom. The summed E-state index contributed by atoms with van der Waals surface area (Å²) in [5, 5.41) is 8.85. The zero-order valence-electron chi connectivity index (χ0n) is 5.85. The second-order valence-corrected chi connectivity index (χ2v) is 2.18. The quantitative estimate of drug-likeness (QED) is 0.377. The van der Waals surface area contributed by atoms with Gasteiger partial charge in [0.25, 0.3) is 5.91 Å². The van der Waals surface area contributed by atoms with Gasteiger partial charge >= 0.3 is 0 Å². The lowest BCUT2D eigenvalue weighted by molar-refractivity contribution is 0.0994. The summed E-state index contributed by atoms with van der Waals surface area (Å²) < 4.78 is 0. The monoisotopic (exact) mass is 189 g/mol. The Morgan fingerprint density at radius 1 is 1.58 bits per heavy atom. The molecule has 1 aromatic heterocycles. The number of thiol groups is 1. The van der Waals surface area contributed by atoms with E-state index < -0.39 is 5.91 Å². The molecule has 0 fully saturated rings. The summed E-state index contributed by atoms with van der Waals surface area (Å²) in [6.45, 7) is 0. The van der Waals surface area contributed by atoms with Crippen molar-refractivity contribution in [2.24, 2.45) is 5.73 Å². The summed E-state index contributed by atoms with van der Waals surface area (Å²) in [6.07, 6.45) is 0. The zero-order valence-corrected chi connectivity index (χ0v) is 6.75. The van der Waals surface area contributed by atoms with Gasteiger partial charge in [0.2, 0.25) is 5.88 Å². The highest BCUT2D eigenvalue weighted by atomic mass is 32.1. The molecule has 0 unspecified atom stereocenters. The van der Waals surface area contributed by atoms with Crippen LogP contribution in [0.4, 0.5) is 0 Å². The Labute approximate surface area is 73.2 Å². The van der Waals surface area contributed by atoms with E-state index in [4.69, 9.17) is 10.8 Å². The van der Waals surface area contributed by atoms with Gasteiger partial charge in [-0.25, -0.2) is 4.98 Å². The normalized spacial score (nSPS) is 8.75. The fourth-order valence-corrected chi connectivity index (χ4v) is 0.758. The molecule has 0 saturated heterocycles. The van der Waals surface area contributed by atoms with Gasteiger partial charge < -0.3 is 16.3 Å². The van der Waals surface area contributed by atoms with Crippen LogP contribution in [0.25, 0.3) is 0 Å². The summed E-state index contributed by atoms with van der Waals surface area (Å²) in [5.74, 6) is -1.04. The molecule has 0 radical (unpaired) electrons. The van der Waals surface area contributed by atoms with Gasteiger partial charge in [0.15, 0.2) is 5.16 Å². The minimum atomic E-state index is -0.724. The number of hydrogen-bond acceptors (Lipinski definition) is 5. The summed E-state index contributed by atoms with van der Waals surface area (Å²) in [4.78, 5) is 17.5. The predicted molar refractivity (Wildman–Crippen MR) is 43.1 cm³/mol. The highest BCUT2D eigenvalue weighted by molar-refractivity contribution is 7.80. The summed E-state index contributed by atoms with van der Waals surface area (Å²) >= 11 is 3.73. The Balaban J connectivity index is 0.00000121. The molecule has 0 spiro atoms. The van der Waals surface area contributed by atoms with Crippen LogP contribution in [0.3, 0.4) is 0 Å². The van der Waals surface area contributed by atoms with Crippen molar-refractivity contribution in [3.05, 3.63) is 11.8 Å². The van der Waals surface area contributed by atoms with Crippen LogP contribution < -0.4 is 5.73 Å². The third-order valence-corrected chi connectivity index (χ3v) is 1.15. The molecule has 1 heterocycles. The molecule has 0 aromatic carbocycles. The van der Waals surface area contributed by atoms with Crippen molar-refractivity contribution in [2.75, 3.05) is 0 Å². The molecule has 0 aliphatic rings. The standard InChI is InChI=1S/C5H5N3O2S.H2O/c6-4(10)2-1-3(9)8-5(11)7-2;/h1H,(H2,6,10)(H2,7,8,9,11);1H2. The lowest BCUT2D eigenvalue weighted by Gasteiger charge is -1.95. The number of nitrogens with two attached hydrogens (primary N) is 1. The molecule has 0 aliphatic carbocycles. The van der Waals surface area contributed by atoms with Crippen LogP contribution in [0.15, 0.2) is 11.2 Å². The Kier molecular flexibility index (Phi) is 3.45. The summed E-state index contributed by atoms with van der Waals surface area (Å²) in [5.41, 5.74) is 4.82. The highest BCUT2D eigenvalue weighted by Gasteiger charge is 2.05. The van der Waals surface area contributed by atoms with E-state index in [1.54, 1.807) is 0 Å². The van der Waals surface area contributed by atoms with Gasteiger partial charge in [-0.3, -0.25) is 4.79 Å². The first-order chi connectivity index (χ1) is 5.09. The minimum Gasteiger partial charge on any atom is -0.493 e. The number of carbonyl (C=O) groups excluding carboxylic acids is 1. The third kappa shape index (κ3) is 2.36. The molecular weight excluding hydrogens is 182 g/mol. The van der Waals surface area contributed by atoms with E-state index >= 15 is 0 Å². The summed E-state index contributed by atoms with van der Waals surface area (Å²) in [7, 11) is 0. The first kappa shape index (κ1) is 10.7. The maximum atomic E-state index is 10.5. The molecule has 1 amide bonds. The topological polar surface area (TPSA) is 121 Å². The molecule has 12 heavy (non-hydrogen) atoms. The molecule has 66 valence electrons. The Bertz CT molecular complexity index is 284. The van der Waals surface area contributed by atoms with Crippen molar-refractivity contribution < 1.29 is 15.4 Å². The van der Waals surface area contributed by atoms with Crippen LogP contribution in [0, 0.1) is 0 Å². The second-order valence-electron chi connectivity index (χ2n) is 1.78. The van der Waals surface area contributed by atoms with Gasteiger partial charge in [-0.2, -0.15) is 4.98 Å². The van der Waals surface area contributed by atoms with Gasteiger partial charge in [-0.05, 0) is 0 Å². The van der Waals surface area contributed by atoms with Crippen molar-refractivity contribution in [2.45, 2.75) is 5.16 Å². The molecule has 6 nitrogen and oxygen atoms in total. The average Bonchev–Trinajstić information content (AvgIpc) is 1.85. The van der Waals surface area contributed by atoms with Gasteiger partial charge in [0, 0.05) is 6.07 Å². The third-order valence-electron chi connectivity index (χ3n) is 0.953. The highest BCUT2D eigenvalue weighted by Crippen LogP contribution is 2.08. The molecule has 0 bridgehead atoms. The smallest absolute Gasteiger partial charge is 0.267 e. The van der Waals surface area contributed by atoms with E-state index in [2.05, 4.69) is 22.6 Å². The SMILES string of the molecule is NC(=O)c1cc(O)nc(S)n1.O. The van der Waals surface area contributed by atoms with Crippen molar-refractivity contribution in [1.29, 1.82) is 0 Å². The number of hydrogen-bond donors (Lipinski definition) is 3. The first-order valence-corrected chi connectivity index (χ1v) is 3.11. The van der Waals surface area contributed by atoms with Crippen LogP contribution >= 0.6 is 12.6 Å². The molecule has 1 rings (SSSR count). The maximum Gasteiger partial charge on any atom is 0.267 e. The van der Waals surface area contributed by atoms with Crippen molar-refractivity contribution >= 4 is 18.5 Å². The average molecular weight is 189 g/mol. The van der Waals surface area contributed by atoms with Crippen molar-refractivity contribution in [3.63, 3.8) is 0 Å². The van der Waals surface area contributed by atoms with E-state index in [1.807, 2.05) is 0 Å². The number of aromatic hydroxyl groups is 1. The number of rotatable bonds is 1. The van der Waals surface area contributed by atoms with Crippen LogP contribution in [0.1, 0.15) is 10.5 Å². The minimum absolute atomic E-state index is 0. The number of amides is 1. The molecular formula is C5H7N3O3S. The van der Waals surface area contributed by atoms with Crippen LogP contribution in [-0.2, 0) is 0 Å². The van der Waals surface area contributed by atoms with Crippen molar-refractivity contribution in [1.82, 2.24) is 9.97 Å². The van der Waals surface area contributed by atoms with E-state index in [0.29, 0.717) is 0 Å². The Morgan fingerprint density at radius 2 is 2.17 bits per heavy atom. The number of carbonyl (C=O) groups is 1. The van der Waals surface area contributed by atoms with Gasteiger partial charge in [0.1, 0.15) is 5.69 Å². The number of aromatic nitrogens is 2. The lowest BCUT2D eigenvalue weighted by atomic mass is 10.4. The molecule has 0 aliphatic heterocycles. The van der Waals surface area contributed by atoms with Crippen LogP contribution in [0.5, 0.6) is 5.88 Å². The summed E-state index contributed by atoms with van der Waals surface area (Å²) in [6, 6.07) is 1.07. The fourth-order valence-electron chi connectivity index (χ4n) is 0.548. The molecule has 5 N–H and O–H groups in total. The van der Waals surface area contributed by atoms with Crippen molar-refractivity contribution in [3.8, 4) is 5.88 Å². The van der Waals surface area contributed by atoms with Crippen LogP contribution in [0.2, 0.25) is 0 Å². The van der Waals surface area contributed by atoms with E-state index in [-0.39, 0.29) is 22.2 Å². The predicted octanol–water partition coefficient (Wildman–Crippen LogP) is -1.25. The molecule has 1 aromatic rings. The van der Waals surface area contributed by atoms with Crippen LogP contribution in [-0.4, -0.2) is 26.5 Å². The first-order valence-electron chi connectivity index (χ1n) is 2.66. The van der Waals surface area contributed by atoms with E-state index in [0.717, 1.165) is 6.07 Å². The molecule has 0 saturated carbocycles. The maximum absolute atomic E-state index is 10.5. The van der Waals surface area contributed by atoms with E-state index in [9.17, 15) is 4.79 Å². The molecule has 7 heteroatoms.